The van der Waals surface area contributed by atoms with E-state index >= 15 is 0 Å². The van der Waals surface area contributed by atoms with Gasteiger partial charge >= 0.3 is 0 Å². The van der Waals surface area contributed by atoms with E-state index < -0.39 is 0 Å². The smallest absolute Gasteiger partial charge is 0.252 e. The van der Waals surface area contributed by atoms with Crippen molar-refractivity contribution in [3.63, 3.8) is 0 Å². The Balaban J connectivity index is 1.95. The zero-order chi connectivity index (χ0) is 17.3. The van der Waals surface area contributed by atoms with Gasteiger partial charge in [-0.1, -0.05) is 28.1 Å². The highest BCUT2D eigenvalue weighted by Crippen LogP contribution is 2.21. The summed E-state index contributed by atoms with van der Waals surface area (Å²) in [5.74, 6) is -0.691. The van der Waals surface area contributed by atoms with Crippen molar-refractivity contribution in [1.82, 2.24) is 10.3 Å². The van der Waals surface area contributed by atoms with Crippen LogP contribution < -0.4 is 10.9 Å². The van der Waals surface area contributed by atoms with Crippen LogP contribution in [0.25, 0.3) is 10.9 Å². The molecule has 3 rings (SSSR count). The number of benzene rings is 2. The van der Waals surface area contributed by atoms with Gasteiger partial charge in [0, 0.05) is 21.4 Å². The second-order valence-electron chi connectivity index (χ2n) is 5.48. The molecular weight excluding hydrogens is 375 g/mol. The fourth-order valence-electron chi connectivity index (χ4n) is 2.52. The number of fused-ring (bicyclic) bond motifs is 1. The number of hydrogen-bond acceptors (Lipinski definition) is 2. The molecule has 24 heavy (non-hydrogen) atoms. The summed E-state index contributed by atoms with van der Waals surface area (Å²) in [5, 5.41) is 3.49. The average Bonchev–Trinajstić information content (AvgIpc) is 2.55. The van der Waals surface area contributed by atoms with Gasteiger partial charge in [-0.05, 0) is 42.8 Å². The fourth-order valence-corrected chi connectivity index (χ4v) is 2.88. The minimum atomic E-state index is -0.360. The predicted octanol–water partition coefficient (Wildman–Crippen LogP) is 3.92. The maximum atomic E-state index is 13.0. The highest BCUT2D eigenvalue weighted by atomic mass is 79.9. The minimum Gasteiger partial charge on any atom is -0.345 e. The molecule has 0 saturated heterocycles. The van der Waals surface area contributed by atoms with E-state index in [4.69, 9.17) is 0 Å². The summed E-state index contributed by atoms with van der Waals surface area (Å²) in [6, 6.07) is 12.2. The maximum Gasteiger partial charge on any atom is 0.252 e. The molecule has 0 spiro atoms. The molecule has 0 fully saturated rings. The number of aromatic amines is 1. The van der Waals surface area contributed by atoms with Crippen molar-refractivity contribution in [3.8, 4) is 0 Å². The van der Waals surface area contributed by atoms with Crippen LogP contribution in [0.4, 0.5) is 4.39 Å². The number of halogens is 2. The number of nitrogens with one attached hydrogen (secondary N) is 2. The third kappa shape index (κ3) is 3.38. The second kappa shape index (κ2) is 6.57. The normalized spacial score (nSPS) is 12.1. The SMILES string of the molecule is C[C@H](NC(=O)c1cc(=O)[nH]c2ccc(Br)cc12)c1ccc(F)cc1. The molecule has 4 nitrogen and oxygen atoms in total. The van der Waals surface area contributed by atoms with Gasteiger partial charge < -0.3 is 10.3 Å². The number of amides is 1. The molecule has 1 atom stereocenters. The molecule has 0 radical (unpaired) electrons. The van der Waals surface area contributed by atoms with Gasteiger partial charge in [-0.2, -0.15) is 0 Å². The van der Waals surface area contributed by atoms with Crippen molar-refractivity contribution < 1.29 is 9.18 Å². The number of aromatic nitrogens is 1. The number of H-pyrrole nitrogens is 1. The van der Waals surface area contributed by atoms with Crippen molar-refractivity contribution in [2.75, 3.05) is 0 Å². The number of pyridine rings is 1. The third-order valence-electron chi connectivity index (χ3n) is 3.77. The lowest BCUT2D eigenvalue weighted by molar-refractivity contribution is 0.0941. The number of rotatable bonds is 3. The summed E-state index contributed by atoms with van der Waals surface area (Å²) < 4.78 is 13.8. The average molecular weight is 389 g/mol. The first kappa shape index (κ1) is 16.4. The minimum absolute atomic E-state index is 0.295. The molecular formula is C18H14BrFN2O2. The van der Waals surface area contributed by atoms with Gasteiger partial charge in [0.25, 0.3) is 5.91 Å². The highest BCUT2D eigenvalue weighted by Gasteiger charge is 2.15. The van der Waals surface area contributed by atoms with Crippen LogP contribution in [0.3, 0.4) is 0 Å². The summed E-state index contributed by atoms with van der Waals surface area (Å²) in [5.41, 5.74) is 1.32. The van der Waals surface area contributed by atoms with Crippen LogP contribution in [0.2, 0.25) is 0 Å². The second-order valence-corrected chi connectivity index (χ2v) is 6.40. The number of carbonyl (C=O) groups is 1. The van der Waals surface area contributed by atoms with Crippen molar-refractivity contribution in [3.05, 3.63) is 80.3 Å². The molecule has 0 unspecified atom stereocenters. The van der Waals surface area contributed by atoms with Gasteiger partial charge in [0.05, 0.1) is 11.6 Å². The standard InChI is InChI=1S/C18H14BrFN2O2/c1-10(11-2-5-13(20)6-3-11)21-18(24)15-9-17(23)22-16-7-4-12(19)8-14(15)16/h2-10H,1H3,(H,21,24)(H,22,23)/t10-/m0/s1. The Morgan fingerprint density at radius 3 is 2.58 bits per heavy atom. The van der Waals surface area contributed by atoms with Crippen LogP contribution in [0.5, 0.6) is 0 Å². The molecule has 0 aliphatic heterocycles. The zero-order valence-electron chi connectivity index (χ0n) is 12.8. The summed E-state index contributed by atoms with van der Waals surface area (Å²) in [6.45, 7) is 1.80. The summed E-state index contributed by atoms with van der Waals surface area (Å²) in [6.07, 6.45) is 0. The van der Waals surface area contributed by atoms with E-state index in [0.717, 1.165) is 10.0 Å². The molecule has 1 amide bonds. The monoisotopic (exact) mass is 388 g/mol. The molecule has 0 saturated carbocycles. The first-order valence-corrected chi connectivity index (χ1v) is 8.12. The Morgan fingerprint density at radius 1 is 1.17 bits per heavy atom. The van der Waals surface area contributed by atoms with E-state index in [1.807, 2.05) is 0 Å². The van der Waals surface area contributed by atoms with Crippen molar-refractivity contribution in [2.45, 2.75) is 13.0 Å². The van der Waals surface area contributed by atoms with E-state index in [2.05, 4.69) is 26.2 Å². The molecule has 2 aromatic carbocycles. The first-order chi connectivity index (χ1) is 11.4. The Kier molecular flexibility index (Phi) is 4.49. The molecule has 2 N–H and O–H groups in total. The van der Waals surface area contributed by atoms with Crippen LogP contribution in [0.15, 0.2) is 57.8 Å². The summed E-state index contributed by atoms with van der Waals surface area (Å²) >= 11 is 3.37. The molecule has 3 aromatic rings. The third-order valence-corrected chi connectivity index (χ3v) is 4.26. The molecule has 1 aromatic heterocycles. The van der Waals surface area contributed by atoms with Crippen molar-refractivity contribution in [2.24, 2.45) is 0 Å². The Hall–Kier alpha value is -2.47. The maximum absolute atomic E-state index is 13.0. The highest BCUT2D eigenvalue weighted by molar-refractivity contribution is 9.10. The van der Waals surface area contributed by atoms with Gasteiger partial charge in [-0.15, -0.1) is 0 Å². The van der Waals surface area contributed by atoms with E-state index in [1.165, 1.54) is 18.2 Å². The van der Waals surface area contributed by atoms with Gasteiger partial charge in [0.1, 0.15) is 5.82 Å². The van der Waals surface area contributed by atoms with Crippen molar-refractivity contribution in [1.29, 1.82) is 0 Å². The Bertz CT molecular complexity index is 967. The van der Waals surface area contributed by atoms with Crippen LogP contribution >= 0.6 is 15.9 Å². The van der Waals surface area contributed by atoms with E-state index in [9.17, 15) is 14.0 Å². The Labute approximate surface area is 145 Å². The molecule has 0 bridgehead atoms. The fraction of sp³-hybridized carbons (Fsp3) is 0.111. The van der Waals surface area contributed by atoms with E-state index in [-0.39, 0.29) is 23.3 Å². The predicted molar refractivity (Wildman–Crippen MR) is 94.5 cm³/mol. The lowest BCUT2D eigenvalue weighted by Gasteiger charge is -2.15. The zero-order valence-corrected chi connectivity index (χ0v) is 14.4. The van der Waals surface area contributed by atoms with Crippen LogP contribution in [-0.4, -0.2) is 10.9 Å². The number of carbonyl (C=O) groups excluding carboxylic acids is 1. The lowest BCUT2D eigenvalue weighted by atomic mass is 10.1. The number of hydrogen-bond donors (Lipinski definition) is 2. The largest absolute Gasteiger partial charge is 0.345 e. The van der Waals surface area contributed by atoms with Gasteiger partial charge in [-0.25, -0.2) is 4.39 Å². The molecule has 1 heterocycles. The van der Waals surface area contributed by atoms with Crippen LogP contribution in [0, 0.1) is 5.82 Å². The van der Waals surface area contributed by atoms with E-state index in [0.29, 0.717) is 16.5 Å². The summed E-state index contributed by atoms with van der Waals surface area (Å²) in [7, 11) is 0. The van der Waals surface area contributed by atoms with Gasteiger partial charge in [0.2, 0.25) is 5.56 Å². The first-order valence-electron chi connectivity index (χ1n) is 7.33. The lowest BCUT2D eigenvalue weighted by Crippen LogP contribution is -2.28. The van der Waals surface area contributed by atoms with E-state index in [1.54, 1.807) is 37.3 Å². The van der Waals surface area contributed by atoms with Crippen LogP contribution in [-0.2, 0) is 0 Å². The topological polar surface area (TPSA) is 62.0 Å². The molecule has 0 aliphatic carbocycles. The van der Waals surface area contributed by atoms with Gasteiger partial charge in [-0.3, -0.25) is 9.59 Å². The molecule has 6 heteroatoms. The molecule has 0 aliphatic rings. The quantitative estimate of drug-likeness (QED) is 0.713. The van der Waals surface area contributed by atoms with Gasteiger partial charge in [0.15, 0.2) is 0 Å². The van der Waals surface area contributed by atoms with Crippen molar-refractivity contribution >= 4 is 32.7 Å². The van der Waals surface area contributed by atoms with Crippen LogP contribution in [0.1, 0.15) is 28.9 Å². The molecule has 122 valence electrons. The summed E-state index contributed by atoms with van der Waals surface area (Å²) in [4.78, 5) is 27.1. The Morgan fingerprint density at radius 2 is 1.88 bits per heavy atom.